The van der Waals surface area contributed by atoms with Gasteiger partial charge in [0.25, 0.3) is 0 Å². The van der Waals surface area contributed by atoms with Crippen LogP contribution in [0.4, 0.5) is 9.59 Å². The molecule has 0 aliphatic rings. The van der Waals surface area contributed by atoms with Gasteiger partial charge in [-0.15, -0.1) is 0 Å². The Morgan fingerprint density at radius 3 is 0.800 bits per heavy atom. The Kier molecular flexibility index (Phi) is 37.4. The number of carboxylic acid groups (broad SMARTS) is 4. The monoisotopic (exact) mass is 266 g/mol. The standard InChI is InChI=1S/2CH2O3.Cs.Li.2H/c2*2-1(3)4;;;;/h2*(H2,2,3,4);;;;. The van der Waals surface area contributed by atoms with E-state index >= 15 is 0 Å². The maximum absolute atomic E-state index is 8.56. The van der Waals surface area contributed by atoms with E-state index in [1.54, 1.807) is 0 Å². The van der Waals surface area contributed by atoms with Crippen molar-refractivity contribution in [2.75, 3.05) is 0 Å². The quantitative estimate of drug-likeness (QED) is 0.424. The number of hydrogen-bond acceptors (Lipinski definition) is 2. The summed E-state index contributed by atoms with van der Waals surface area (Å²) in [6.07, 6.45) is -3.67. The molecular formula is C2H6CsLiO6. The number of hydrogen-bond donors (Lipinski definition) is 4. The van der Waals surface area contributed by atoms with Crippen LogP contribution in [0, 0.1) is 0 Å². The second-order valence-corrected chi connectivity index (χ2v) is 0.565. The van der Waals surface area contributed by atoms with Crippen LogP contribution in [0.15, 0.2) is 0 Å². The summed E-state index contributed by atoms with van der Waals surface area (Å²) in [5.74, 6) is 0. The third-order valence-electron chi connectivity index (χ3n) is 0. The molecule has 0 bridgehead atoms. The van der Waals surface area contributed by atoms with E-state index in [2.05, 4.69) is 0 Å². The molecule has 0 amide bonds. The Morgan fingerprint density at radius 1 is 0.800 bits per heavy atom. The summed E-state index contributed by atoms with van der Waals surface area (Å²) in [4.78, 5) is 17.1. The van der Waals surface area contributed by atoms with Crippen molar-refractivity contribution in [3.05, 3.63) is 0 Å². The predicted octanol–water partition coefficient (Wildman–Crippen LogP) is -0.852. The molecule has 0 saturated carbocycles. The van der Waals surface area contributed by atoms with Gasteiger partial charge in [-0.25, -0.2) is 9.59 Å². The van der Waals surface area contributed by atoms with Crippen LogP contribution in [-0.2, 0) is 0 Å². The van der Waals surface area contributed by atoms with Crippen molar-refractivity contribution >= 4 is 100 Å². The molecule has 0 fully saturated rings. The Bertz CT molecular complexity index is 73.7. The summed E-state index contributed by atoms with van der Waals surface area (Å²) >= 11 is 0. The molecule has 0 spiro atoms. The van der Waals surface area contributed by atoms with Crippen LogP contribution < -0.4 is 0 Å². The Balaban J connectivity index is -0.0000000300. The van der Waals surface area contributed by atoms with E-state index in [1.165, 1.54) is 0 Å². The van der Waals surface area contributed by atoms with E-state index in [9.17, 15) is 0 Å². The molecular weight excluding hydrogens is 260 g/mol. The first kappa shape index (κ1) is 22.5. The molecule has 8 heteroatoms. The fourth-order valence-corrected chi connectivity index (χ4v) is 0. The third kappa shape index (κ3) is 436. The van der Waals surface area contributed by atoms with Crippen LogP contribution in [0.3, 0.4) is 0 Å². The SMILES string of the molecule is O=C(O)O.O=C(O)O.[CsH].[LiH]. The molecule has 0 atom stereocenters. The van der Waals surface area contributed by atoms with Gasteiger partial charge in [0.1, 0.15) is 0 Å². The molecule has 0 aromatic heterocycles. The topological polar surface area (TPSA) is 115 Å². The molecule has 4 N–H and O–H groups in total. The van der Waals surface area contributed by atoms with E-state index < -0.39 is 12.3 Å². The molecule has 0 radical (unpaired) electrons. The van der Waals surface area contributed by atoms with Gasteiger partial charge in [-0.2, -0.15) is 0 Å². The molecule has 0 heterocycles. The van der Waals surface area contributed by atoms with Crippen molar-refractivity contribution in [3.8, 4) is 0 Å². The Morgan fingerprint density at radius 2 is 0.800 bits per heavy atom. The van der Waals surface area contributed by atoms with Gasteiger partial charge in [0, 0.05) is 0 Å². The summed E-state index contributed by atoms with van der Waals surface area (Å²) in [6, 6.07) is 0. The second-order valence-electron chi connectivity index (χ2n) is 0.565. The van der Waals surface area contributed by atoms with Crippen LogP contribution in [-0.4, -0.2) is 120 Å². The fourth-order valence-electron chi connectivity index (χ4n) is 0. The minimum absolute atomic E-state index is 0. The van der Waals surface area contributed by atoms with Crippen LogP contribution >= 0.6 is 0 Å². The minimum atomic E-state index is -1.83. The molecule has 6 nitrogen and oxygen atoms in total. The molecule has 0 aromatic carbocycles. The molecule has 52 valence electrons. The van der Waals surface area contributed by atoms with E-state index in [-0.39, 0.29) is 87.8 Å². The first-order valence-electron chi connectivity index (χ1n) is 1.30. The van der Waals surface area contributed by atoms with Crippen molar-refractivity contribution in [2.24, 2.45) is 0 Å². The molecule has 0 aliphatic carbocycles. The van der Waals surface area contributed by atoms with E-state index in [1.807, 2.05) is 0 Å². The van der Waals surface area contributed by atoms with Crippen molar-refractivity contribution in [3.63, 3.8) is 0 Å². The predicted molar refractivity (Wildman–Crippen MR) is 35.6 cm³/mol. The number of rotatable bonds is 0. The van der Waals surface area contributed by atoms with Crippen LogP contribution in [0.1, 0.15) is 0 Å². The van der Waals surface area contributed by atoms with Crippen molar-refractivity contribution in [2.45, 2.75) is 0 Å². The van der Waals surface area contributed by atoms with Gasteiger partial charge in [-0.1, -0.05) is 0 Å². The van der Waals surface area contributed by atoms with Gasteiger partial charge in [0.15, 0.2) is 0 Å². The Hall–Kier alpha value is 1.19. The maximum atomic E-state index is 8.56. The second kappa shape index (κ2) is 16.6. The summed E-state index contributed by atoms with van der Waals surface area (Å²) in [7, 11) is 0. The molecule has 0 saturated heterocycles. The zero-order chi connectivity index (χ0) is 7.15. The van der Waals surface area contributed by atoms with Gasteiger partial charge < -0.3 is 20.4 Å². The van der Waals surface area contributed by atoms with E-state index in [0.29, 0.717) is 0 Å². The molecule has 0 unspecified atom stereocenters. The van der Waals surface area contributed by atoms with Crippen molar-refractivity contribution in [1.29, 1.82) is 0 Å². The first-order chi connectivity index (χ1) is 3.46. The first-order valence-corrected chi connectivity index (χ1v) is 1.30. The Labute approximate surface area is 127 Å². The fraction of sp³-hybridized carbons (Fsp3) is 0. The van der Waals surface area contributed by atoms with E-state index in [4.69, 9.17) is 30.0 Å². The number of carbonyl (C=O) groups is 2. The third-order valence-corrected chi connectivity index (χ3v) is 0. The van der Waals surface area contributed by atoms with Crippen molar-refractivity contribution in [1.82, 2.24) is 0 Å². The van der Waals surface area contributed by atoms with Crippen molar-refractivity contribution < 1.29 is 30.0 Å². The van der Waals surface area contributed by atoms with Gasteiger partial charge >= 0.3 is 100 Å². The molecule has 10 heavy (non-hydrogen) atoms. The zero-order valence-corrected chi connectivity index (χ0v) is 3.61. The normalized spacial score (nSPS) is 4.80. The van der Waals surface area contributed by atoms with Gasteiger partial charge in [0.05, 0.1) is 0 Å². The van der Waals surface area contributed by atoms with Gasteiger partial charge in [0.2, 0.25) is 0 Å². The molecule has 0 rings (SSSR count). The van der Waals surface area contributed by atoms with Gasteiger partial charge in [-0.3, -0.25) is 0 Å². The summed E-state index contributed by atoms with van der Waals surface area (Å²) in [5.41, 5.74) is 0. The van der Waals surface area contributed by atoms with Crippen LogP contribution in [0.5, 0.6) is 0 Å². The average molecular weight is 266 g/mol. The molecule has 0 aliphatic heterocycles. The summed E-state index contributed by atoms with van der Waals surface area (Å²) in [6.45, 7) is 0. The zero-order valence-electron chi connectivity index (χ0n) is 3.61. The molecule has 0 aromatic rings. The van der Waals surface area contributed by atoms with E-state index in [0.717, 1.165) is 0 Å². The average Bonchev–Trinajstić information content (AvgIpc) is 1.25. The summed E-state index contributed by atoms with van der Waals surface area (Å²) in [5, 5.41) is 27.9. The summed E-state index contributed by atoms with van der Waals surface area (Å²) < 4.78 is 0. The van der Waals surface area contributed by atoms with Gasteiger partial charge in [-0.05, 0) is 0 Å². The van der Waals surface area contributed by atoms with Crippen LogP contribution in [0.25, 0.3) is 0 Å². The van der Waals surface area contributed by atoms with Crippen LogP contribution in [0.2, 0.25) is 0 Å².